The Morgan fingerprint density at radius 3 is 2.46 bits per heavy atom. The molecule has 1 amide bonds. The van der Waals surface area contributed by atoms with Gasteiger partial charge in [0.2, 0.25) is 0 Å². The minimum absolute atomic E-state index is 0.0499. The average molecular weight is 590 g/mol. The molecule has 0 unspecified atom stereocenters. The number of carbonyl (C=O) groups is 2. The van der Waals surface area contributed by atoms with Crippen molar-refractivity contribution in [2.75, 3.05) is 26.7 Å². The molecule has 1 aliphatic rings. The highest BCUT2D eigenvalue weighted by atomic mass is 35.5. The van der Waals surface area contributed by atoms with E-state index >= 15 is 0 Å². The highest BCUT2D eigenvalue weighted by Crippen LogP contribution is 2.31. The summed E-state index contributed by atoms with van der Waals surface area (Å²) in [5.74, 6) is -0.327. The lowest BCUT2D eigenvalue weighted by molar-refractivity contribution is -0.137. The number of amides is 1. The van der Waals surface area contributed by atoms with Crippen LogP contribution in [0.5, 0.6) is 0 Å². The summed E-state index contributed by atoms with van der Waals surface area (Å²) >= 11 is 5.96. The number of allylic oxidation sites excluding steroid dienone is 2. The quantitative estimate of drug-likeness (QED) is 0.223. The first-order valence-electron chi connectivity index (χ1n) is 13.3. The predicted octanol–water partition coefficient (Wildman–Crippen LogP) is 5.38. The van der Waals surface area contributed by atoms with Crippen LogP contribution in [0.2, 0.25) is 5.02 Å². The standard InChI is InChI=1S/C31H35ClF3N3O3/c1-6-20(3)18-37(5)25-8-11-38(12-9-25)30(40)23-14-22(7-2)26(27(15-23)21(4)39)10-13-41-19-29-28(32)16-24(17-36-29)31(33,34)35/h6-7,10,14-18,25H,1,8-9,11-13,19H2,2-5H3/b20-18-,22-7-,26-10+. The largest absolute Gasteiger partial charge is 0.417 e. The number of alkyl halides is 3. The second-order valence-electron chi connectivity index (χ2n) is 10.0. The number of benzene rings is 1. The smallest absolute Gasteiger partial charge is 0.377 e. The first kappa shape index (κ1) is 32.1. The number of aromatic nitrogens is 1. The normalized spacial score (nSPS) is 15.8. The predicted molar refractivity (Wildman–Crippen MR) is 155 cm³/mol. The molecule has 1 aromatic carbocycles. The van der Waals surface area contributed by atoms with Crippen LogP contribution < -0.4 is 10.4 Å². The van der Waals surface area contributed by atoms with Crippen molar-refractivity contribution in [1.29, 1.82) is 0 Å². The Balaban J connectivity index is 1.75. The number of likely N-dealkylation sites (tertiary alicyclic amines) is 1. The molecule has 41 heavy (non-hydrogen) atoms. The number of piperidine rings is 1. The van der Waals surface area contributed by atoms with Gasteiger partial charge >= 0.3 is 6.18 Å². The molecule has 0 bridgehead atoms. The number of nitrogens with zero attached hydrogens (tertiary/aromatic N) is 3. The topological polar surface area (TPSA) is 62.7 Å². The van der Waals surface area contributed by atoms with E-state index < -0.39 is 11.7 Å². The van der Waals surface area contributed by atoms with Gasteiger partial charge in [0.05, 0.1) is 29.5 Å². The van der Waals surface area contributed by atoms with Crippen molar-refractivity contribution < 1.29 is 27.5 Å². The molecular formula is C31H35ClF3N3O3. The third kappa shape index (κ3) is 8.30. The average Bonchev–Trinajstić information content (AvgIpc) is 2.94. The summed E-state index contributed by atoms with van der Waals surface area (Å²) in [7, 11) is 2.03. The van der Waals surface area contributed by atoms with Gasteiger partial charge in [0, 0.05) is 49.7 Å². The monoisotopic (exact) mass is 589 g/mol. The van der Waals surface area contributed by atoms with E-state index in [1.54, 1.807) is 18.2 Å². The van der Waals surface area contributed by atoms with Crippen molar-refractivity contribution >= 4 is 35.4 Å². The van der Waals surface area contributed by atoms with E-state index in [-0.39, 0.29) is 35.6 Å². The van der Waals surface area contributed by atoms with Gasteiger partial charge in [-0.3, -0.25) is 14.6 Å². The Bertz CT molecular complexity index is 1440. The number of hydrogen-bond acceptors (Lipinski definition) is 5. The molecule has 220 valence electrons. The minimum Gasteiger partial charge on any atom is -0.377 e. The van der Waals surface area contributed by atoms with E-state index in [1.807, 2.05) is 37.9 Å². The second kappa shape index (κ2) is 14.0. The fourth-order valence-electron chi connectivity index (χ4n) is 4.72. The Hall–Kier alpha value is -3.43. The number of halogens is 4. The molecule has 1 aliphatic heterocycles. The third-order valence-electron chi connectivity index (χ3n) is 7.09. The van der Waals surface area contributed by atoms with Gasteiger partial charge in [0.15, 0.2) is 5.78 Å². The van der Waals surface area contributed by atoms with Gasteiger partial charge in [0.1, 0.15) is 0 Å². The maximum absolute atomic E-state index is 13.4. The number of pyridine rings is 1. The van der Waals surface area contributed by atoms with Crippen LogP contribution in [0.4, 0.5) is 13.2 Å². The summed E-state index contributed by atoms with van der Waals surface area (Å²) in [6, 6.07) is 4.52. The van der Waals surface area contributed by atoms with E-state index in [9.17, 15) is 22.8 Å². The number of ketones is 1. The van der Waals surface area contributed by atoms with Crippen molar-refractivity contribution in [1.82, 2.24) is 14.8 Å². The Labute approximate surface area is 243 Å². The molecule has 10 heteroatoms. The fraction of sp³-hybridized carbons (Fsp3) is 0.387. The number of rotatable bonds is 9. The van der Waals surface area contributed by atoms with Crippen LogP contribution in [-0.2, 0) is 17.5 Å². The van der Waals surface area contributed by atoms with E-state index in [2.05, 4.69) is 22.7 Å². The number of hydrogen-bond donors (Lipinski definition) is 0. The first-order valence-corrected chi connectivity index (χ1v) is 13.7. The third-order valence-corrected chi connectivity index (χ3v) is 7.42. The zero-order valence-corrected chi connectivity index (χ0v) is 24.5. The lowest BCUT2D eigenvalue weighted by atomic mass is 9.99. The van der Waals surface area contributed by atoms with Crippen molar-refractivity contribution in [2.24, 2.45) is 0 Å². The van der Waals surface area contributed by atoms with Gasteiger partial charge in [-0.1, -0.05) is 36.4 Å². The Morgan fingerprint density at radius 2 is 1.90 bits per heavy atom. The van der Waals surface area contributed by atoms with Crippen LogP contribution in [-0.4, -0.2) is 59.3 Å². The van der Waals surface area contributed by atoms with Crippen LogP contribution >= 0.6 is 11.6 Å². The van der Waals surface area contributed by atoms with Crippen LogP contribution in [0.3, 0.4) is 0 Å². The zero-order chi connectivity index (χ0) is 30.3. The summed E-state index contributed by atoms with van der Waals surface area (Å²) in [5, 5.41) is 1.18. The maximum atomic E-state index is 13.4. The minimum atomic E-state index is -4.54. The second-order valence-corrected chi connectivity index (χ2v) is 10.4. The molecule has 0 spiro atoms. The van der Waals surface area contributed by atoms with E-state index in [1.165, 1.54) is 6.92 Å². The molecule has 1 saturated heterocycles. The van der Waals surface area contributed by atoms with Crippen LogP contribution in [0.15, 0.2) is 48.8 Å². The van der Waals surface area contributed by atoms with Gasteiger partial charge < -0.3 is 14.5 Å². The zero-order valence-electron chi connectivity index (χ0n) is 23.7. The summed E-state index contributed by atoms with van der Waals surface area (Å²) in [6.07, 6.45) is 5.23. The van der Waals surface area contributed by atoms with Crippen molar-refractivity contribution in [3.8, 4) is 0 Å². The number of Topliss-reactive ketones (excluding diaryl/α,β-unsaturated/α-hetero) is 1. The highest BCUT2D eigenvalue weighted by Gasteiger charge is 2.31. The van der Waals surface area contributed by atoms with E-state index in [0.717, 1.165) is 24.5 Å². The van der Waals surface area contributed by atoms with Gasteiger partial charge in [-0.05, 0) is 67.8 Å². The van der Waals surface area contributed by atoms with Crippen LogP contribution in [0.25, 0.3) is 12.2 Å². The molecule has 0 atom stereocenters. The molecule has 0 saturated carbocycles. The lowest BCUT2D eigenvalue weighted by Crippen LogP contribution is -2.45. The van der Waals surface area contributed by atoms with Crippen LogP contribution in [0, 0.1) is 0 Å². The Kier molecular flexibility index (Phi) is 10.9. The first-order chi connectivity index (χ1) is 19.3. The molecule has 6 nitrogen and oxygen atoms in total. The van der Waals surface area contributed by atoms with Crippen molar-refractivity contribution in [3.63, 3.8) is 0 Å². The molecule has 2 aromatic rings. The molecule has 0 radical (unpaired) electrons. The lowest BCUT2D eigenvalue weighted by Gasteiger charge is -2.36. The fourth-order valence-corrected chi connectivity index (χ4v) is 4.94. The van der Waals surface area contributed by atoms with Gasteiger partial charge in [0.25, 0.3) is 5.91 Å². The molecule has 1 aromatic heterocycles. The number of carbonyl (C=O) groups excluding carboxylic acids is 2. The summed E-state index contributed by atoms with van der Waals surface area (Å²) in [5.41, 5.74) is 1.14. The SMILES string of the molecule is C=C/C(C)=C\N(C)C1CCN(C(=O)c2cc(C(C)=O)c(=C/COCc3ncc(C(F)(F)F)cc3Cl)/c(=C\C)c2)CC1. The van der Waals surface area contributed by atoms with Crippen molar-refractivity contribution in [3.05, 3.63) is 86.7 Å². The molecule has 2 heterocycles. The Morgan fingerprint density at radius 1 is 1.22 bits per heavy atom. The molecular weight excluding hydrogens is 555 g/mol. The molecule has 1 fully saturated rings. The van der Waals surface area contributed by atoms with E-state index in [4.69, 9.17) is 16.3 Å². The van der Waals surface area contributed by atoms with Gasteiger partial charge in [-0.15, -0.1) is 0 Å². The van der Waals surface area contributed by atoms with Crippen molar-refractivity contribution in [2.45, 2.75) is 52.4 Å². The number of ether oxygens (including phenoxy) is 1. The summed E-state index contributed by atoms with van der Waals surface area (Å²) < 4.78 is 44.2. The molecule has 0 N–H and O–H groups in total. The summed E-state index contributed by atoms with van der Waals surface area (Å²) in [4.78, 5) is 33.8. The maximum Gasteiger partial charge on any atom is 0.417 e. The summed E-state index contributed by atoms with van der Waals surface area (Å²) in [6.45, 7) is 10.2. The van der Waals surface area contributed by atoms with E-state index in [0.29, 0.717) is 46.9 Å². The highest BCUT2D eigenvalue weighted by molar-refractivity contribution is 6.31. The molecule has 0 aliphatic carbocycles. The van der Waals surface area contributed by atoms with Crippen LogP contribution in [0.1, 0.15) is 65.6 Å². The van der Waals surface area contributed by atoms with Gasteiger partial charge in [-0.2, -0.15) is 13.2 Å². The molecule has 3 rings (SSSR count). The van der Waals surface area contributed by atoms with Gasteiger partial charge in [-0.25, -0.2) is 0 Å².